The smallest absolute Gasteiger partial charge is 0.237 e. The summed E-state index contributed by atoms with van der Waals surface area (Å²) in [6.45, 7) is 4.49. The van der Waals surface area contributed by atoms with E-state index in [0.717, 1.165) is 75.9 Å². The number of aliphatic imine (C=N–C) groups is 1. The number of hydrogen-bond donors (Lipinski definition) is 2. The molecule has 5 heteroatoms. The number of aliphatic hydroxyl groups is 1. The van der Waals surface area contributed by atoms with E-state index in [1.807, 2.05) is 0 Å². The lowest BCUT2D eigenvalue weighted by atomic mass is 9.67. The van der Waals surface area contributed by atoms with Gasteiger partial charge in [0.25, 0.3) is 0 Å². The van der Waals surface area contributed by atoms with Crippen LogP contribution < -0.4 is 5.32 Å². The van der Waals surface area contributed by atoms with Gasteiger partial charge in [-0.25, -0.2) is 0 Å². The quantitative estimate of drug-likeness (QED) is 0.130. The van der Waals surface area contributed by atoms with Gasteiger partial charge in [-0.15, -0.1) is 0 Å². The van der Waals surface area contributed by atoms with Gasteiger partial charge < -0.3 is 10.4 Å². The van der Waals surface area contributed by atoms with Crippen LogP contribution in [-0.4, -0.2) is 22.4 Å². The number of Topliss-reactive ketones (excluding diaryl/α,β-unsaturated/α-hetero) is 2. The molecule has 1 saturated carbocycles. The van der Waals surface area contributed by atoms with E-state index in [-0.39, 0.29) is 16.9 Å². The Morgan fingerprint density at radius 2 is 1.12 bits per heavy atom. The van der Waals surface area contributed by atoms with Crippen molar-refractivity contribution in [1.29, 1.82) is 0 Å². The number of ketones is 2. The molecule has 1 fully saturated rings. The molecule has 13 rings (SSSR count). The Kier molecular flexibility index (Phi) is 5.58. The van der Waals surface area contributed by atoms with Crippen molar-refractivity contribution in [3.63, 3.8) is 0 Å². The number of nitrogens with zero attached hydrogens (tertiary/aromatic N) is 1. The number of nitrogens with one attached hydrogen (secondary N) is 1. The summed E-state index contributed by atoms with van der Waals surface area (Å²) in [6, 6.07) is 34.9. The lowest BCUT2D eigenvalue weighted by Gasteiger charge is -2.34. The van der Waals surface area contributed by atoms with Crippen LogP contribution in [0.3, 0.4) is 0 Å². The molecular formula is C51H36N2O3. The maximum atomic E-state index is 14.4. The summed E-state index contributed by atoms with van der Waals surface area (Å²) in [4.78, 5) is 34.1. The van der Waals surface area contributed by atoms with Crippen LogP contribution in [0.1, 0.15) is 63.5 Å². The number of hydrogen-bond acceptors (Lipinski definition) is 5. The van der Waals surface area contributed by atoms with Gasteiger partial charge in [0.2, 0.25) is 11.6 Å². The summed E-state index contributed by atoms with van der Waals surface area (Å²) < 4.78 is 0. The highest BCUT2D eigenvalue weighted by Crippen LogP contribution is 2.60. The summed E-state index contributed by atoms with van der Waals surface area (Å²) in [6.07, 6.45) is 4.63. The van der Waals surface area contributed by atoms with Crippen molar-refractivity contribution in [3.8, 4) is 44.5 Å². The molecule has 268 valence electrons. The van der Waals surface area contributed by atoms with E-state index in [9.17, 15) is 14.7 Å². The third-order valence-electron chi connectivity index (χ3n) is 14.6. The average molecular weight is 725 g/mol. The molecule has 2 atom stereocenters. The van der Waals surface area contributed by atoms with Gasteiger partial charge in [0.15, 0.2) is 0 Å². The van der Waals surface area contributed by atoms with Crippen molar-refractivity contribution in [2.24, 2.45) is 4.99 Å². The van der Waals surface area contributed by atoms with Crippen LogP contribution >= 0.6 is 0 Å². The van der Waals surface area contributed by atoms with E-state index in [1.54, 1.807) is 0 Å². The lowest BCUT2D eigenvalue weighted by Crippen LogP contribution is -2.35. The average Bonchev–Trinajstić information content (AvgIpc) is 3.96. The van der Waals surface area contributed by atoms with Crippen LogP contribution in [0.2, 0.25) is 0 Å². The Labute approximate surface area is 323 Å². The predicted octanol–water partition coefficient (Wildman–Crippen LogP) is 11.9. The van der Waals surface area contributed by atoms with Crippen LogP contribution in [0.4, 0.5) is 11.4 Å². The number of anilines is 1. The maximum Gasteiger partial charge on any atom is 0.237 e. The molecule has 2 aliphatic heterocycles. The molecule has 0 saturated heterocycles. The third kappa shape index (κ3) is 3.44. The third-order valence-corrected chi connectivity index (χ3v) is 14.6. The minimum absolute atomic E-state index is 0.157. The van der Waals surface area contributed by atoms with Crippen molar-refractivity contribution in [2.75, 3.05) is 5.32 Å². The molecule has 7 aliphatic rings. The van der Waals surface area contributed by atoms with Crippen LogP contribution in [-0.2, 0) is 20.4 Å². The van der Waals surface area contributed by atoms with Gasteiger partial charge in [0.05, 0.1) is 28.2 Å². The van der Waals surface area contributed by atoms with Gasteiger partial charge in [-0.2, -0.15) is 0 Å². The first-order valence-electron chi connectivity index (χ1n) is 20.0. The summed E-state index contributed by atoms with van der Waals surface area (Å²) in [5, 5.41) is 20.9. The number of rotatable bonds is 1. The molecule has 0 amide bonds. The summed E-state index contributed by atoms with van der Waals surface area (Å²) in [7, 11) is 0. The zero-order chi connectivity index (χ0) is 37.4. The normalized spacial score (nSPS) is 24.7. The number of carbonyl (C=O) groups is 2. The van der Waals surface area contributed by atoms with E-state index >= 15 is 0 Å². The number of benzene rings is 6. The van der Waals surface area contributed by atoms with E-state index in [2.05, 4.69) is 116 Å². The largest absolute Gasteiger partial charge is 0.506 e. The van der Waals surface area contributed by atoms with Crippen molar-refractivity contribution in [3.05, 3.63) is 142 Å². The SMILES string of the molecule is CC12CCC/C(=C3\C(=O)C(=O)C(C4=C5Nc6c(cc7c8c(cccc68)-c6ccccc6-7)C5(C)CCC4)=C3O)C1=Nc1c2cc2c3c(cccc13)-c1ccccc1-2. The van der Waals surface area contributed by atoms with Crippen LogP contribution in [0.25, 0.3) is 66.1 Å². The molecular weight excluding hydrogens is 689 g/mol. The fourth-order valence-corrected chi connectivity index (χ4v) is 12.0. The highest BCUT2D eigenvalue weighted by atomic mass is 16.3. The Bertz CT molecular complexity index is 3140. The van der Waals surface area contributed by atoms with Crippen molar-refractivity contribution in [2.45, 2.75) is 63.2 Å². The number of carbonyl (C=O) groups excluding carboxylic acids is 2. The van der Waals surface area contributed by atoms with Crippen molar-refractivity contribution >= 4 is 50.2 Å². The minimum Gasteiger partial charge on any atom is -0.506 e. The predicted molar refractivity (Wildman–Crippen MR) is 224 cm³/mol. The first-order valence-corrected chi connectivity index (χ1v) is 20.0. The molecule has 0 spiro atoms. The Hall–Kier alpha value is -6.33. The Morgan fingerprint density at radius 3 is 1.80 bits per heavy atom. The van der Waals surface area contributed by atoms with Crippen LogP contribution in [0, 0.1) is 0 Å². The topological polar surface area (TPSA) is 78.8 Å². The first-order chi connectivity index (χ1) is 27.3. The number of aliphatic hydroxyl groups excluding tert-OH is 1. The Balaban J connectivity index is 0.985. The highest BCUT2D eigenvalue weighted by Gasteiger charge is 2.51. The minimum atomic E-state index is -0.613. The van der Waals surface area contributed by atoms with Crippen LogP contribution in [0.15, 0.2) is 136 Å². The fourth-order valence-electron chi connectivity index (χ4n) is 12.0. The zero-order valence-electron chi connectivity index (χ0n) is 31.2. The number of allylic oxidation sites excluding steroid dienone is 5. The zero-order valence-corrected chi connectivity index (χ0v) is 31.2. The molecule has 56 heavy (non-hydrogen) atoms. The monoisotopic (exact) mass is 724 g/mol. The summed E-state index contributed by atoms with van der Waals surface area (Å²) >= 11 is 0. The molecule has 2 N–H and O–H groups in total. The second-order valence-electron chi connectivity index (χ2n) is 17.3. The molecule has 2 heterocycles. The second-order valence-corrected chi connectivity index (χ2v) is 17.3. The molecule has 5 nitrogen and oxygen atoms in total. The molecule has 0 bridgehead atoms. The van der Waals surface area contributed by atoms with Gasteiger partial charge in [0, 0.05) is 27.3 Å². The van der Waals surface area contributed by atoms with Gasteiger partial charge in [-0.05, 0) is 142 Å². The molecule has 0 radical (unpaired) electrons. The van der Waals surface area contributed by atoms with E-state index < -0.39 is 22.4 Å². The Morgan fingerprint density at radius 1 is 0.589 bits per heavy atom. The van der Waals surface area contributed by atoms with E-state index in [1.165, 1.54) is 60.8 Å². The van der Waals surface area contributed by atoms with Crippen molar-refractivity contribution in [1.82, 2.24) is 0 Å². The molecule has 6 aromatic rings. The lowest BCUT2D eigenvalue weighted by molar-refractivity contribution is -0.131. The molecule has 0 aromatic heterocycles. The van der Waals surface area contributed by atoms with Gasteiger partial charge >= 0.3 is 0 Å². The van der Waals surface area contributed by atoms with Crippen LogP contribution in [0.5, 0.6) is 0 Å². The summed E-state index contributed by atoms with van der Waals surface area (Å²) in [5.41, 5.74) is 17.0. The van der Waals surface area contributed by atoms with Gasteiger partial charge in [-0.3, -0.25) is 14.6 Å². The van der Waals surface area contributed by atoms with E-state index in [0.29, 0.717) is 12.8 Å². The second kappa shape index (κ2) is 10.1. The van der Waals surface area contributed by atoms with Crippen molar-refractivity contribution < 1.29 is 14.7 Å². The van der Waals surface area contributed by atoms with E-state index in [4.69, 9.17) is 4.99 Å². The standard InChI is InChI=1S/C51H36N2O3/c1-50-21-9-19-33(48(50)52-43-31-17-7-15-29-25-11-3-5-13-27(25)35(39(29)31)23-37(43)50)41-45(54)42(47(56)46(41)55)34-20-10-22-51(2)38-24-36-28-14-6-4-12-26(28)30-16-8-18-32(40(30)36)44(38)53-49(34)51/h3-8,11-18,23-24,52,54H,9-10,19-22H2,1-2H3/b42-34+. The number of fused-ring (bicyclic) bond motifs is 14. The molecule has 6 aromatic carbocycles. The highest BCUT2D eigenvalue weighted by molar-refractivity contribution is 6.55. The fraction of sp³-hybridized carbons (Fsp3) is 0.196. The van der Waals surface area contributed by atoms with Gasteiger partial charge in [0.1, 0.15) is 5.76 Å². The van der Waals surface area contributed by atoms with Gasteiger partial charge in [-0.1, -0.05) is 84.9 Å². The summed E-state index contributed by atoms with van der Waals surface area (Å²) in [5.74, 6) is -1.39. The molecule has 2 unspecified atom stereocenters. The first kappa shape index (κ1) is 30.9. The molecule has 5 aliphatic carbocycles. The maximum absolute atomic E-state index is 14.4.